The third-order valence-electron chi connectivity index (χ3n) is 5.47. The average molecular weight is 488 g/mol. The molecule has 1 heterocycles. The third kappa shape index (κ3) is 5.21. The minimum Gasteiger partial charge on any atom is -0.507 e. The largest absolute Gasteiger partial charge is 0.507 e. The Bertz CT molecular complexity index is 1130. The number of hydrogen-bond donors (Lipinski definition) is 1. The molecule has 2 aromatic rings. The zero-order valence-electron chi connectivity index (χ0n) is 19.2. The molecule has 34 heavy (non-hydrogen) atoms. The van der Waals surface area contributed by atoms with Crippen molar-refractivity contribution in [2.45, 2.75) is 19.4 Å². The summed E-state index contributed by atoms with van der Waals surface area (Å²) in [6.07, 6.45) is 0.596. The second kappa shape index (κ2) is 10.7. The van der Waals surface area contributed by atoms with E-state index in [9.17, 15) is 24.8 Å². The molecule has 1 saturated heterocycles. The molecule has 1 aliphatic rings. The van der Waals surface area contributed by atoms with Gasteiger partial charge in [0.1, 0.15) is 11.5 Å². The smallest absolute Gasteiger partial charge is 0.295 e. The maximum absolute atomic E-state index is 13.1. The van der Waals surface area contributed by atoms with E-state index in [2.05, 4.69) is 0 Å². The molecule has 3 rings (SSSR count). The lowest BCUT2D eigenvalue weighted by Gasteiger charge is -2.26. The molecule has 1 N–H and O–H groups in total. The van der Waals surface area contributed by atoms with E-state index in [0.29, 0.717) is 30.9 Å². The number of nitro groups is 1. The molecule has 0 spiro atoms. The first kappa shape index (κ1) is 25.2. The number of halogens is 1. The van der Waals surface area contributed by atoms with Crippen LogP contribution in [-0.2, 0) is 9.59 Å². The van der Waals surface area contributed by atoms with Gasteiger partial charge in [-0.1, -0.05) is 11.6 Å². The van der Waals surface area contributed by atoms with E-state index in [4.69, 9.17) is 16.3 Å². The number of nitrogens with zero attached hydrogens (tertiary/aromatic N) is 3. The van der Waals surface area contributed by atoms with Gasteiger partial charge in [0, 0.05) is 24.2 Å². The van der Waals surface area contributed by atoms with Crippen molar-refractivity contribution in [2.75, 3.05) is 33.8 Å². The van der Waals surface area contributed by atoms with Gasteiger partial charge in [0.2, 0.25) is 0 Å². The predicted molar refractivity (Wildman–Crippen MR) is 128 cm³/mol. The van der Waals surface area contributed by atoms with Gasteiger partial charge in [0.25, 0.3) is 17.4 Å². The second-order valence-electron chi connectivity index (χ2n) is 8.08. The lowest BCUT2D eigenvalue weighted by molar-refractivity contribution is -0.384. The van der Waals surface area contributed by atoms with Crippen LogP contribution in [0.25, 0.3) is 5.76 Å². The summed E-state index contributed by atoms with van der Waals surface area (Å²) in [5.41, 5.74) is 0.524. The lowest BCUT2D eigenvalue weighted by atomic mass is 9.95. The third-order valence-corrected chi connectivity index (χ3v) is 5.76. The van der Waals surface area contributed by atoms with Gasteiger partial charge in [0.05, 0.1) is 28.2 Å². The Hall–Kier alpha value is -3.43. The zero-order valence-corrected chi connectivity index (χ0v) is 19.9. The van der Waals surface area contributed by atoms with Gasteiger partial charge in [-0.25, -0.2) is 0 Å². The lowest BCUT2D eigenvalue weighted by Crippen LogP contribution is -2.32. The van der Waals surface area contributed by atoms with Crippen LogP contribution in [0.3, 0.4) is 0 Å². The summed E-state index contributed by atoms with van der Waals surface area (Å²) < 4.78 is 5.42. The number of aliphatic hydroxyl groups is 1. The quantitative estimate of drug-likeness (QED) is 0.187. The number of ketones is 1. The number of amides is 1. The zero-order chi connectivity index (χ0) is 25.0. The van der Waals surface area contributed by atoms with Gasteiger partial charge in [0.15, 0.2) is 0 Å². The minimum absolute atomic E-state index is 0.0936. The average Bonchev–Trinajstić information content (AvgIpc) is 3.05. The van der Waals surface area contributed by atoms with Crippen LogP contribution in [0.4, 0.5) is 5.69 Å². The summed E-state index contributed by atoms with van der Waals surface area (Å²) in [5, 5.41) is 22.5. The highest BCUT2D eigenvalue weighted by Gasteiger charge is 2.45. The number of non-ortho nitro benzene ring substituents is 1. The molecule has 10 heteroatoms. The van der Waals surface area contributed by atoms with Crippen LogP contribution >= 0.6 is 11.6 Å². The SMILES string of the molecule is CCOc1ccc(C(O)=C2C(=O)C(=O)N(CCCN(C)C)[C@@H]2c2ccc([N+](=O)[O-])cc2)cc1Cl. The highest BCUT2D eigenvalue weighted by Crippen LogP contribution is 2.40. The Morgan fingerprint density at radius 1 is 1.21 bits per heavy atom. The molecule has 2 aromatic carbocycles. The maximum atomic E-state index is 13.1. The number of rotatable bonds is 9. The number of ether oxygens (including phenoxy) is 1. The van der Waals surface area contributed by atoms with Gasteiger partial charge in [-0.15, -0.1) is 0 Å². The molecule has 9 nitrogen and oxygen atoms in total. The van der Waals surface area contributed by atoms with Crippen molar-refractivity contribution in [2.24, 2.45) is 0 Å². The molecule has 0 unspecified atom stereocenters. The van der Waals surface area contributed by atoms with Crippen LogP contribution in [-0.4, -0.2) is 65.3 Å². The van der Waals surface area contributed by atoms with Gasteiger partial charge in [-0.2, -0.15) is 0 Å². The Morgan fingerprint density at radius 3 is 2.44 bits per heavy atom. The minimum atomic E-state index is -0.895. The fourth-order valence-corrected chi connectivity index (χ4v) is 4.10. The first-order valence-corrected chi connectivity index (χ1v) is 11.1. The summed E-state index contributed by atoms with van der Waals surface area (Å²) >= 11 is 6.26. The van der Waals surface area contributed by atoms with Crippen molar-refractivity contribution in [3.8, 4) is 5.75 Å². The van der Waals surface area contributed by atoms with E-state index < -0.39 is 22.7 Å². The molecule has 0 aliphatic carbocycles. The highest BCUT2D eigenvalue weighted by atomic mass is 35.5. The van der Waals surface area contributed by atoms with Crippen molar-refractivity contribution in [1.29, 1.82) is 0 Å². The van der Waals surface area contributed by atoms with Gasteiger partial charge >= 0.3 is 0 Å². The van der Waals surface area contributed by atoms with Gasteiger partial charge in [-0.3, -0.25) is 19.7 Å². The molecular weight excluding hydrogens is 462 g/mol. The molecule has 0 radical (unpaired) electrons. The summed E-state index contributed by atoms with van der Waals surface area (Å²) in [4.78, 5) is 39.9. The molecule has 1 fully saturated rings. The Kier molecular flexibility index (Phi) is 7.90. The van der Waals surface area contributed by atoms with E-state index in [1.807, 2.05) is 25.9 Å². The van der Waals surface area contributed by atoms with Crippen molar-refractivity contribution >= 4 is 34.7 Å². The summed E-state index contributed by atoms with van der Waals surface area (Å²) in [7, 11) is 3.80. The van der Waals surface area contributed by atoms with E-state index in [1.165, 1.54) is 35.2 Å². The molecule has 1 atom stereocenters. The van der Waals surface area contributed by atoms with Crippen LogP contribution < -0.4 is 4.74 Å². The maximum Gasteiger partial charge on any atom is 0.295 e. The summed E-state index contributed by atoms with van der Waals surface area (Å²) in [5.74, 6) is -1.50. The standard InChI is InChI=1S/C24H26ClN3O6/c1-4-34-19-11-8-16(14-18(19)25)22(29)20-21(15-6-9-17(10-7-15)28(32)33)27(24(31)23(20)30)13-5-12-26(2)3/h6-11,14,21,29H,4-5,12-13H2,1-3H3/t21-/m1/s1. The molecule has 0 saturated carbocycles. The van der Waals surface area contributed by atoms with E-state index >= 15 is 0 Å². The van der Waals surface area contributed by atoms with Gasteiger partial charge < -0.3 is 19.6 Å². The highest BCUT2D eigenvalue weighted by molar-refractivity contribution is 6.46. The first-order valence-electron chi connectivity index (χ1n) is 10.8. The second-order valence-corrected chi connectivity index (χ2v) is 8.48. The van der Waals surface area contributed by atoms with Crippen molar-refractivity contribution in [3.05, 3.63) is 74.3 Å². The van der Waals surface area contributed by atoms with Crippen LogP contribution in [0.15, 0.2) is 48.0 Å². The molecule has 1 aliphatic heterocycles. The Balaban J connectivity index is 2.10. The normalized spacial score (nSPS) is 17.4. The van der Waals surface area contributed by atoms with Crippen LogP contribution in [0.2, 0.25) is 5.02 Å². The molecule has 1 amide bonds. The molecule has 0 bridgehead atoms. The van der Waals surface area contributed by atoms with Crippen LogP contribution in [0.1, 0.15) is 30.5 Å². The number of hydrogen-bond acceptors (Lipinski definition) is 7. The topological polar surface area (TPSA) is 113 Å². The predicted octanol–water partition coefficient (Wildman–Crippen LogP) is 4.02. The van der Waals surface area contributed by atoms with Crippen LogP contribution in [0, 0.1) is 10.1 Å². The van der Waals surface area contributed by atoms with E-state index in [-0.39, 0.29) is 34.2 Å². The van der Waals surface area contributed by atoms with Crippen molar-refractivity contribution < 1.29 is 24.4 Å². The molecule has 0 aromatic heterocycles. The Morgan fingerprint density at radius 2 is 1.88 bits per heavy atom. The first-order chi connectivity index (χ1) is 16.1. The fourth-order valence-electron chi connectivity index (χ4n) is 3.87. The van der Waals surface area contributed by atoms with Gasteiger partial charge in [-0.05, 0) is 69.9 Å². The number of carbonyl (C=O) groups is 2. The van der Waals surface area contributed by atoms with E-state index in [1.54, 1.807) is 12.1 Å². The number of benzene rings is 2. The van der Waals surface area contributed by atoms with Crippen LogP contribution in [0.5, 0.6) is 5.75 Å². The number of likely N-dealkylation sites (tertiary alicyclic amines) is 1. The summed E-state index contributed by atoms with van der Waals surface area (Å²) in [6.45, 7) is 3.17. The van der Waals surface area contributed by atoms with Crippen molar-refractivity contribution in [3.63, 3.8) is 0 Å². The number of carbonyl (C=O) groups excluding carboxylic acids is 2. The number of nitro benzene ring substituents is 1. The fraction of sp³-hybridized carbons (Fsp3) is 0.333. The number of aliphatic hydroxyl groups excluding tert-OH is 1. The Labute approximate surface area is 202 Å². The molecular formula is C24H26ClN3O6. The van der Waals surface area contributed by atoms with Crippen molar-refractivity contribution in [1.82, 2.24) is 9.80 Å². The monoisotopic (exact) mass is 487 g/mol. The van der Waals surface area contributed by atoms with E-state index in [0.717, 1.165) is 0 Å². The summed E-state index contributed by atoms with van der Waals surface area (Å²) in [6, 6.07) is 9.31. The molecule has 180 valence electrons. The number of Topliss-reactive ketones (excluding diaryl/α,β-unsaturated/α-hetero) is 1.